The van der Waals surface area contributed by atoms with Crippen molar-refractivity contribution in [3.05, 3.63) is 35.0 Å². The van der Waals surface area contributed by atoms with Crippen molar-refractivity contribution in [2.75, 3.05) is 0 Å². The normalized spacial score (nSPS) is 11.9. The minimum absolute atomic E-state index is 0.0182. The minimum Gasteiger partial charge on any atom is -0.348 e. The van der Waals surface area contributed by atoms with Gasteiger partial charge in [0.1, 0.15) is 0 Å². The molecule has 2 rings (SSSR count). The molecule has 0 bridgehead atoms. The maximum Gasteiger partial charge on any atom is 0.251 e. The largest absolute Gasteiger partial charge is 0.348 e. The van der Waals surface area contributed by atoms with E-state index >= 15 is 0 Å². The Hall–Kier alpha value is -1.77. The molecule has 102 valence electrons. The van der Waals surface area contributed by atoms with E-state index in [4.69, 9.17) is 0 Å². The summed E-state index contributed by atoms with van der Waals surface area (Å²) in [5.74, 6) is -0.0182. The van der Waals surface area contributed by atoms with Crippen LogP contribution in [0.15, 0.2) is 18.2 Å². The first-order chi connectivity index (χ1) is 8.70. The average Bonchev–Trinajstić information content (AvgIpc) is 2.52. The van der Waals surface area contributed by atoms with Crippen LogP contribution in [0, 0.1) is 13.8 Å². The molecule has 0 radical (unpaired) electrons. The van der Waals surface area contributed by atoms with Gasteiger partial charge >= 0.3 is 0 Å². The Morgan fingerprint density at radius 3 is 2.42 bits per heavy atom. The Labute approximate surface area is 114 Å². The van der Waals surface area contributed by atoms with Crippen LogP contribution >= 0.6 is 0 Å². The monoisotopic (exact) mass is 258 g/mol. The number of fused-ring (bicyclic) bond motifs is 1. The molecule has 0 spiro atoms. The smallest absolute Gasteiger partial charge is 0.251 e. The molecule has 0 fully saturated rings. The van der Waals surface area contributed by atoms with Crippen LogP contribution in [0.1, 0.15) is 42.4 Å². The third-order valence-electron chi connectivity index (χ3n) is 3.56. The number of aromatic nitrogens is 1. The van der Waals surface area contributed by atoms with Crippen molar-refractivity contribution < 1.29 is 4.79 Å². The molecule has 0 unspecified atom stereocenters. The van der Waals surface area contributed by atoms with E-state index in [1.54, 1.807) is 0 Å². The highest BCUT2D eigenvalue weighted by Crippen LogP contribution is 2.25. The van der Waals surface area contributed by atoms with Crippen LogP contribution in [-0.4, -0.2) is 16.0 Å². The van der Waals surface area contributed by atoms with E-state index in [9.17, 15) is 4.79 Å². The number of benzene rings is 1. The first-order valence-electron chi connectivity index (χ1n) is 6.59. The highest BCUT2D eigenvalue weighted by molar-refractivity contribution is 5.99. The second-order valence-electron chi connectivity index (χ2n) is 6.21. The molecule has 1 amide bonds. The lowest BCUT2D eigenvalue weighted by atomic mass is 10.1. The molecule has 0 aliphatic carbocycles. The van der Waals surface area contributed by atoms with Gasteiger partial charge < -0.3 is 9.88 Å². The Bertz CT molecular complexity index is 645. The summed E-state index contributed by atoms with van der Waals surface area (Å²) >= 11 is 0. The lowest BCUT2D eigenvalue weighted by molar-refractivity contribution is 0.0919. The Kier molecular flexibility index (Phi) is 3.17. The van der Waals surface area contributed by atoms with Crippen molar-refractivity contribution in [3.63, 3.8) is 0 Å². The van der Waals surface area contributed by atoms with E-state index in [2.05, 4.69) is 30.8 Å². The minimum atomic E-state index is -0.215. The summed E-state index contributed by atoms with van der Waals surface area (Å²) in [7, 11) is 2.06. The molecule has 1 aromatic heterocycles. The summed E-state index contributed by atoms with van der Waals surface area (Å²) < 4.78 is 2.16. The molecule has 3 heteroatoms. The van der Waals surface area contributed by atoms with Gasteiger partial charge in [0, 0.05) is 34.7 Å². The number of amides is 1. The van der Waals surface area contributed by atoms with Crippen LogP contribution < -0.4 is 5.32 Å². The van der Waals surface area contributed by atoms with Crippen LogP contribution in [0.4, 0.5) is 0 Å². The van der Waals surface area contributed by atoms with E-state index < -0.39 is 0 Å². The van der Waals surface area contributed by atoms with Crippen molar-refractivity contribution in [2.24, 2.45) is 7.05 Å². The van der Waals surface area contributed by atoms with Gasteiger partial charge in [-0.15, -0.1) is 0 Å². The molecule has 19 heavy (non-hydrogen) atoms. The zero-order valence-corrected chi connectivity index (χ0v) is 12.6. The van der Waals surface area contributed by atoms with E-state index in [1.165, 1.54) is 16.8 Å². The second kappa shape index (κ2) is 4.41. The van der Waals surface area contributed by atoms with Crippen LogP contribution in [0.25, 0.3) is 10.9 Å². The van der Waals surface area contributed by atoms with E-state index in [0.29, 0.717) is 0 Å². The quantitative estimate of drug-likeness (QED) is 0.836. The number of aryl methyl sites for hydroxylation is 2. The number of hydrogen-bond acceptors (Lipinski definition) is 1. The van der Waals surface area contributed by atoms with Gasteiger partial charge in [-0.1, -0.05) is 0 Å². The van der Waals surface area contributed by atoms with Gasteiger partial charge in [-0.3, -0.25) is 4.79 Å². The van der Waals surface area contributed by atoms with E-state index in [0.717, 1.165) is 10.9 Å². The SMILES string of the molecule is Cc1c(C)n(C)c2ccc(C(=O)NC(C)(C)C)cc12. The van der Waals surface area contributed by atoms with Gasteiger partial charge in [0.15, 0.2) is 0 Å². The predicted molar refractivity (Wildman–Crippen MR) is 79.6 cm³/mol. The summed E-state index contributed by atoms with van der Waals surface area (Å²) in [5, 5.41) is 4.15. The van der Waals surface area contributed by atoms with Gasteiger partial charge in [-0.05, 0) is 58.4 Å². The van der Waals surface area contributed by atoms with Crippen molar-refractivity contribution in [1.82, 2.24) is 9.88 Å². The van der Waals surface area contributed by atoms with Crippen LogP contribution in [0.5, 0.6) is 0 Å². The van der Waals surface area contributed by atoms with Gasteiger partial charge in [-0.2, -0.15) is 0 Å². The molecule has 2 aromatic rings. The highest BCUT2D eigenvalue weighted by Gasteiger charge is 2.16. The van der Waals surface area contributed by atoms with Crippen molar-refractivity contribution in [2.45, 2.75) is 40.2 Å². The maximum absolute atomic E-state index is 12.2. The second-order valence-corrected chi connectivity index (χ2v) is 6.21. The zero-order chi connectivity index (χ0) is 14.4. The number of rotatable bonds is 1. The predicted octanol–water partition coefficient (Wildman–Crippen LogP) is 3.32. The fraction of sp³-hybridized carbons (Fsp3) is 0.438. The van der Waals surface area contributed by atoms with Gasteiger partial charge in [0.2, 0.25) is 0 Å². The summed E-state index contributed by atoms with van der Waals surface area (Å²) in [5.41, 5.74) is 4.15. The van der Waals surface area contributed by atoms with Crippen molar-refractivity contribution in [3.8, 4) is 0 Å². The lowest BCUT2D eigenvalue weighted by Gasteiger charge is -2.20. The molecule has 1 heterocycles. The Morgan fingerprint density at radius 1 is 1.21 bits per heavy atom. The summed E-state index contributed by atoms with van der Waals surface area (Å²) in [6.45, 7) is 10.2. The van der Waals surface area contributed by atoms with Gasteiger partial charge in [-0.25, -0.2) is 0 Å². The molecule has 1 N–H and O–H groups in total. The van der Waals surface area contributed by atoms with E-state index in [1.807, 2.05) is 39.0 Å². The first kappa shape index (κ1) is 13.7. The standard InChI is InChI=1S/C16H22N2O/c1-10-11(2)18(6)14-8-7-12(9-13(10)14)15(19)17-16(3,4)5/h7-9H,1-6H3,(H,17,19). The first-order valence-corrected chi connectivity index (χ1v) is 6.59. The molecule has 0 saturated heterocycles. The fourth-order valence-electron chi connectivity index (χ4n) is 2.31. The molecule has 0 atom stereocenters. The van der Waals surface area contributed by atoms with E-state index in [-0.39, 0.29) is 11.4 Å². The van der Waals surface area contributed by atoms with Crippen molar-refractivity contribution in [1.29, 1.82) is 0 Å². The number of hydrogen-bond donors (Lipinski definition) is 1. The summed E-state index contributed by atoms with van der Waals surface area (Å²) in [6.07, 6.45) is 0. The summed E-state index contributed by atoms with van der Waals surface area (Å²) in [4.78, 5) is 12.2. The number of carbonyl (C=O) groups is 1. The Morgan fingerprint density at radius 2 is 1.84 bits per heavy atom. The number of nitrogens with one attached hydrogen (secondary N) is 1. The van der Waals surface area contributed by atoms with Gasteiger partial charge in [0.05, 0.1) is 0 Å². The maximum atomic E-state index is 12.2. The molecule has 0 aliphatic heterocycles. The fourth-order valence-corrected chi connectivity index (χ4v) is 2.31. The average molecular weight is 258 g/mol. The Balaban J connectivity index is 2.48. The van der Waals surface area contributed by atoms with Crippen molar-refractivity contribution >= 4 is 16.8 Å². The molecule has 3 nitrogen and oxygen atoms in total. The molecule has 0 saturated carbocycles. The molecule has 0 aliphatic rings. The lowest BCUT2D eigenvalue weighted by Crippen LogP contribution is -2.40. The molecule has 1 aromatic carbocycles. The highest BCUT2D eigenvalue weighted by atomic mass is 16.1. The molecular formula is C16H22N2O. The summed E-state index contributed by atoms with van der Waals surface area (Å²) in [6, 6.07) is 5.90. The molecular weight excluding hydrogens is 236 g/mol. The third-order valence-corrected chi connectivity index (χ3v) is 3.56. The topological polar surface area (TPSA) is 34.0 Å². The van der Waals surface area contributed by atoms with Crippen LogP contribution in [-0.2, 0) is 7.05 Å². The van der Waals surface area contributed by atoms with Crippen LogP contribution in [0.3, 0.4) is 0 Å². The number of nitrogens with zero attached hydrogens (tertiary/aromatic N) is 1. The third kappa shape index (κ3) is 2.50. The van der Waals surface area contributed by atoms with Crippen LogP contribution in [0.2, 0.25) is 0 Å². The number of carbonyl (C=O) groups excluding carboxylic acids is 1. The zero-order valence-electron chi connectivity index (χ0n) is 12.6. The van der Waals surface area contributed by atoms with Gasteiger partial charge in [0.25, 0.3) is 5.91 Å².